The summed E-state index contributed by atoms with van der Waals surface area (Å²) in [6.07, 6.45) is 11.4. The van der Waals surface area contributed by atoms with Gasteiger partial charge in [-0.25, -0.2) is 0 Å². The first-order chi connectivity index (χ1) is 7.83. The second-order valence-electron chi connectivity index (χ2n) is 5.60. The third kappa shape index (κ3) is 2.78. The van der Waals surface area contributed by atoms with Gasteiger partial charge in [0.05, 0.1) is 6.10 Å². The van der Waals surface area contributed by atoms with Gasteiger partial charge in [-0.2, -0.15) is 0 Å². The molecule has 1 unspecified atom stereocenters. The molecular formula is C14H27NO. The Morgan fingerprint density at radius 3 is 2.56 bits per heavy atom. The van der Waals surface area contributed by atoms with Crippen molar-refractivity contribution in [2.24, 2.45) is 0 Å². The molecule has 0 amide bonds. The average molecular weight is 225 g/mol. The van der Waals surface area contributed by atoms with Gasteiger partial charge >= 0.3 is 0 Å². The van der Waals surface area contributed by atoms with Gasteiger partial charge in [-0.15, -0.1) is 0 Å². The Kier molecular flexibility index (Phi) is 4.66. The van der Waals surface area contributed by atoms with Gasteiger partial charge in [-0.3, -0.25) is 4.90 Å². The number of likely N-dealkylation sites (tertiary alicyclic amines) is 1. The molecule has 1 saturated carbocycles. The molecule has 1 aliphatic heterocycles. The largest absolute Gasteiger partial charge is 0.391 e. The molecule has 1 heterocycles. The predicted molar refractivity (Wildman–Crippen MR) is 67.5 cm³/mol. The lowest BCUT2D eigenvalue weighted by Crippen LogP contribution is -2.52. The first kappa shape index (κ1) is 12.4. The third-order valence-corrected chi connectivity index (χ3v) is 4.41. The van der Waals surface area contributed by atoms with Crippen LogP contribution in [-0.4, -0.2) is 34.7 Å². The van der Waals surface area contributed by atoms with E-state index in [0.717, 1.165) is 12.5 Å². The molecule has 0 spiro atoms. The van der Waals surface area contributed by atoms with Gasteiger partial charge in [-0.05, 0) is 38.6 Å². The molecule has 2 nitrogen and oxygen atoms in total. The van der Waals surface area contributed by atoms with E-state index >= 15 is 0 Å². The summed E-state index contributed by atoms with van der Waals surface area (Å²) < 4.78 is 0. The zero-order valence-corrected chi connectivity index (χ0v) is 10.7. The lowest BCUT2D eigenvalue weighted by molar-refractivity contribution is -0.0170. The maximum atomic E-state index is 10.2. The quantitative estimate of drug-likeness (QED) is 0.798. The highest BCUT2D eigenvalue weighted by Gasteiger charge is 2.33. The molecule has 0 aromatic heterocycles. The van der Waals surface area contributed by atoms with Gasteiger partial charge in [0, 0.05) is 12.1 Å². The Hall–Kier alpha value is -0.0800. The molecule has 2 fully saturated rings. The van der Waals surface area contributed by atoms with E-state index in [4.69, 9.17) is 0 Å². The number of nitrogens with zero attached hydrogens (tertiary/aromatic N) is 1. The maximum Gasteiger partial charge on any atom is 0.0695 e. The number of hydrogen-bond acceptors (Lipinski definition) is 2. The van der Waals surface area contributed by atoms with Crippen LogP contribution in [0.15, 0.2) is 0 Å². The van der Waals surface area contributed by atoms with Gasteiger partial charge in [-0.1, -0.05) is 32.6 Å². The molecular weight excluding hydrogens is 198 g/mol. The zero-order chi connectivity index (χ0) is 11.4. The molecule has 3 atom stereocenters. The van der Waals surface area contributed by atoms with Crippen LogP contribution in [0.5, 0.6) is 0 Å². The SMILES string of the molecule is CCCC1CCCCN1[C@H]1CCCC[C@@H]1O. The van der Waals surface area contributed by atoms with E-state index in [1.54, 1.807) is 0 Å². The van der Waals surface area contributed by atoms with Crippen molar-refractivity contribution in [3.05, 3.63) is 0 Å². The minimum atomic E-state index is -0.0498. The number of rotatable bonds is 3. The van der Waals surface area contributed by atoms with E-state index in [2.05, 4.69) is 11.8 Å². The van der Waals surface area contributed by atoms with Crippen LogP contribution in [0.2, 0.25) is 0 Å². The second kappa shape index (κ2) is 6.02. The average Bonchev–Trinajstić information content (AvgIpc) is 2.31. The van der Waals surface area contributed by atoms with Gasteiger partial charge < -0.3 is 5.11 Å². The van der Waals surface area contributed by atoms with E-state index in [9.17, 15) is 5.11 Å². The monoisotopic (exact) mass is 225 g/mol. The summed E-state index contributed by atoms with van der Waals surface area (Å²) in [5, 5.41) is 10.2. The highest BCUT2D eigenvalue weighted by molar-refractivity contribution is 4.88. The van der Waals surface area contributed by atoms with Crippen molar-refractivity contribution >= 4 is 0 Å². The van der Waals surface area contributed by atoms with E-state index in [1.807, 2.05) is 0 Å². The molecule has 1 saturated heterocycles. The number of hydrogen-bond donors (Lipinski definition) is 1. The standard InChI is InChI=1S/C14H27NO/c1-2-7-12-8-5-6-11-15(12)13-9-3-4-10-14(13)16/h12-14,16H,2-11H2,1H3/t12?,13-,14-/m0/s1. The molecule has 2 aliphatic rings. The zero-order valence-electron chi connectivity index (χ0n) is 10.7. The minimum absolute atomic E-state index is 0.0498. The number of aliphatic hydroxyl groups excluding tert-OH is 1. The fraction of sp³-hybridized carbons (Fsp3) is 1.00. The topological polar surface area (TPSA) is 23.5 Å². The van der Waals surface area contributed by atoms with E-state index in [0.29, 0.717) is 6.04 Å². The molecule has 0 aromatic carbocycles. The van der Waals surface area contributed by atoms with Crippen molar-refractivity contribution in [3.8, 4) is 0 Å². The van der Waals surface area contributed by atoms with Gasteiger partial charge in [0.25, 0.3) is 0 Å². The van der Waals surface area contributed by atoms with Crippen molar-refractivity contribution in [2.75, 3.05) is 6.54 Å². The van der Waals surface area contributed by atoms with Crippen molar-refractivity contribution in [2.45, 2.75) is 82.9 Å². The number of piperidine rings is 1. The molecule has 0 bridgehead atoms. The smallest absolute Gasteiger partial charge is 0.0695 e. The van der Waals surface area contributed by atoms with Crippen molar-refractivity contribution in [3.63, 3.8) is 0 Å². The summed E-state index contributed by atoms with van der Waals surface area (Å²) in [5.74, 6) is 0. The predicted octanol–water partition coefficient (Wildman–Crippen LogP) is 2.94. The molecule has 2 heteroatoms. The molecule has 0 radical (unpaired) electrons. The lowest BCUT2D eigenvalue weighted by Gasteiger charge is -2.44. The summed E-state index contributed by atoms with van der Waals surface area (Å²) in [5.41, 5.74) is 0. The normalized spacial score (nSPS) is 37.5. The van der Waals surface area contributed by atoms with Crippen LogP contribution < -0.4 is 0 Å². The fourth-order valence-electron chi connectivity index (χ4n) is 3.58. The lowest BCUT2D eigenvalue weighted by atomic mass is 9.87. The summed E-state index contributed by atoms with van der Waals surface area (Å²) in [4.78, 5) is 2.65. The molecule has 1 aliphatic carbocycles. The first-order valence-corrected chi connectivity index (χ1v) is 7.26. The summed E-state index contributed by atoms with van der Waals surface area (Å²) in [6, 6.07) is 1.24. The van der Waals surface area contributed by atoms with Gasteiger partial charge in [0.1, 0.15) is 0 Å². The second-order valence-corrected chi connectivity index (χ2v) is 5.60. The van der Waals surface area contributed by atoms with Gasteiger partial charge in [0.15, 0.2) is 0 Å². The van der Waals surface area contributed by atoms with Crippen LogP contribution in [-0.2, 0) is 0 Å². The highest BCUT2D eigenvalue weighted by atomic mass is 16.3. The molecule has 0 aromatic rings. The fourth-order valence-corrected chi connectivity index (χ4v) is 3.58. The minimum Gasteiger partial charge on any atom is -0.391 e. The molecule has 16 heavy (non-hydrogen) atoms. The molecule has 1 N–H and O–H groups in total. The number of aliphatic hydroxyl groups is 1. The van der Waals surface area contributed by atoms with Gasteiger partial charge in [0.2, 0.25) is 0 Å². The molecule has 94 valence electrons. The highest BCUT2D eigenvalue weighted by Crippen LogP contribution is 2.30. The third-order valence-electron chi connectivity index (χ3n) is 4.41. The Labute approximate surface area is 100 Å². The van der Waals surface area contributed by atoms with Crippen LogP contribution in [0.3, 0.4) is 0 Å². The van der Waals surface area contributed by atoms with E-state index < -0.39 is 0 Å². The van der Waals surface area contributed by atoms with E-state index in [-0.39, 0.29) is 6.10 Å². The Morgan fingerprint density at radius 2 is 1.81 bits per heavy atom. The van der Waals surface area contributed by atoms with Crippen LogP contribution >= 0.6 is 0 Å². The Morgan fingerprint density at radius 1 is 1.06 bits per heavy atom. The van der Waals surface area contributed by atoms with Crippen molar-refractivity contribution in [1.82, 2.24) is 4.90 Å². The van der Waals surface area contributed by atoms with Crippen LogP contribution in [0.4, 0.5) is 0 Å². The summed E-state index contributed by atoms with van der Waals surface area (Å²) in [7, 11) is 0. The van der Waals surface area contributed by atoms with Crippen LogP contribution in [0.25, 0.3) is 0 Å². The summed E-state index contributed by atoms with van der Waals surface area (Å²) >= 11 is 0. The summed E-state index contributed by atoms with van der Waals surface area (Å²) in [6.45, 7) is 3.51. The van der Waals surface area contributed by atoms with Crippen molar-refractivity contribution < 1.29 is 5.11 Å². The van der Waals surface area contributed by atoms with Crippen LogP contribution in [0.1, 0.15) is 64.7 Å². The van der Waals surface area contributed by atoms with Crippen molar-refractivity contribution in [1.29, 1.82) is 0 Å². The van der Waals surface area contributed by atoms with E-state index in [1.165, 1.54) is 57.9 Å². The Balaban J connectivity index is 1.97. The van der Waals surface area contributed by atoms with Crippen LogP contribution in [0, 0.1) is 0 Å². The first-order valence-electron chi connectivity index (χ1n) is 7.26. The Bertz CT molecular complexity index is 205. The molecule has 2 rings (SSSR count). The maximum absolute atomic E-state index is 10.2.